The highest BCUT2D eigenvalue weighted by atomic mass is 35.5. The normalized spacial score (nSPS) is 32.4. The third kappa shape index (κ3) is 2.49. The van der Waals surface area contributed by atoms with Crippen molar-refractivity contribution < 1.29 is 9.53 Å². The fourth-order valence-corrected chi connectivity index (χ4v) is 3.92. The Kier molecular flexibility index (Phi) is 4.07. The molecule has 2 fully saturated rings. The summed E-state index contributed by atoms with van der Waals surface area (Å²) in [5.74, 6) is 0.478. The van der Waals surface area contributed by atoms with Crippen LogP contribution in [-0.2, 0) is 9.53 Å². The lowest BCUT2D eigenvalue weighted by Gasteiger charge is -2.36. The summed E-state index contributed by atoms with van der Waals surface area (Å²) in [5.41, 5.74) is 1.12. The molecule has 2 bridgehead atoms. The minimum absolute atomic E-state index is 0.0315. The van der Waals surface area contributed by atoms with Crippen molar-refractivity contribution in [3.63, 3.8) is 0 Å². The van der Waals surface area contributed by atoms with E-state index in [1.807, 2.05) is 25.1 Å². The lowest BCUT2D eigenvalue weighted by molar-refractivity contribution is -0.133. The molecule has 2 heterocycles. The lowest BCUT2D eigenvalue weighted by atomic mass is 9.76. The van der Waals surface area contributed by atoms with Crippen LogP contribution in [0.2, 0.25) is 10.0 Å². The van der Waals surface area contributed by atoms with E-state index >= 15 is 0 Å². The molecule has 1 unspecified atom stereocenters. The van der Waals surface area contributed by atoms with Crippen LogP contribution >= 0.6 is 23.2 Å². The third-order valence-corrected chi connectivity index (χ3v) is 5.32. The van der Waals surface area contributed by atoms with E-state index in [4.69, 9.17) is 27.9 Å². The van der Waals surface area contributed by atoms with E-state index in [0.29, 0.717) is 28.4 Å². The molecule has 0 aliphatic carbocycles. The largest absolute Gasteiger partial charge is 0.374 e. The van der Waals surface area contributed by atoms with Crippen molar-refractivity contribution in [1.29, 1.82) is 0 Å². The minimum atomic E-state index is -0.0315. The second-order valence-corrected chi connectivity index (χ2v) is 6.55. The molecule has 0 amide bonds. The predicted octanol–water partition coefficient (Wildman–Crippen LogP) is 4.62. The van der Waals surface area contributed by atoms with Crippen molar-refractivity contribution in [3.8, 4) is 0 Å². The second kappa shape index (κ2) is 5.67. The Hall–Kier alpha value is -0.570. The van der Waals surface area contributed by atoms with Gasteiger partial charge in [0.15, 0.2) is 0 Å². The molecule has 0 spiro atoms. The van der Waals surface area contributed by atoms with E-state index in [2.05, 4.69) is 0 Å². The average Bonchev–Trinajstić information content (AvgIpc) is 2.82. The highest BCUT2D eigenvalue weighted by Crippen LogP contribution is 2.46. The van der Waals surface area contributed by atoms with Gasteiger partial charge >= 0.3 is 0 Å². The molecule has 0 saturated carbocycles. The van der Waals surface area contributed by atoms with Crippen molar-refractivity contribution in [2.45, 2.75) is 50.7 Å². The average molecular weight is 313 g/mol. The van der Waals surface area contributed by atoms with E-state index in [1.165, 1.54) is 0 Å². The van der Waals surface area contributed by atoms with Gasteiger partial charge in [-0.1, -0.05) is 36.2 Å². The molecular formula is C16H18Cl2O2. The van der Waals surface area contributed by atoms with Gasteiger partial charge in [0.25, 0.3) is 0 Å². The zero-order valence-electron chi connectivity index (χ0n) is 11.4. The SMILES string of the molecule is CCC(=O)[C@@H]1[C@@H]2CCC(C[C@@H]1c1ccc(Cl)c(Cl)c1)O2. The van der Waals surface area contributed by atoms with Gasteiger partial charge in [0.05, 0.1) is 28.2 Å². The van der Waals surface area contributed by atoms with E-state index in [1.54, 1.807) is 0 Å². The summed E-state index contributed by atoms with van der Waals surface area (Å²) < 4.78 is 5.96. The van der Waals surface area contributed by atoms with Crippen LogP contribution in [0.5, 0.6) is 0 Å². The number of ketones is 1. The van der Waals surface area contributed by atoms with E-state index < -0.39 is 0 Å². The second-order valence-electron chi connectivity index (χ2n) is 5.74. The van der Waals surface area contributed by atoms with Crippen molar-refractivity contribution >= 4 is 29.0 Å². The first-order chi connectivity index (χ1) is 9.60. The van der Waals surface area contributed by atoms with Crippen molar-refractivity contribution in [2.24, 2.45) is 5.92 Å². The van der Waals surface area contributed by atoms with Crippen LogP contribution in [-0.4, -0.2) is 18.0 Å². The molecule has 108 valence electrons. The first-order valence-corrected chi connectivity index (χ1v) is 7.99. The zero-order chi connectivity index (χ0) is 14.3. The molecule has 3 rings (SSSR count). The van der Waals surface area contributed by atoms with Crippen LogP contribution in [0.1, 0.15) is 44.1 Å². The number of hydrogen-bond acceptors (Lipinski definition) is 2. The first kappa shape index (κ1) is 14.4. The summed E-state index contributed by atoms with van der Waals surface area (Å²) in [6.07, 6.45) is 3.91. The van der Waals surface area contributed by atoms with Gasteiger partial charge in [0.2, 0.25) is 0 Å². The number of fused-ring (bicyclic) bond motifs is 2. The standard InChI is InChI=1S/C16H18Cl2O2/c1-2-14(19)16-11(8-10-4-6-15(16)20-10)9-3-5-12(17)13(18)7-9/h3,5,7,10-11,15-16H,2,4,6,8H2,1H3/t10?,11-,15+,16-/m1/s1. The Bertz CT molecular complexity index is 529. The predicted molar refractivity (Wildman–Crippen MR) is 80.5 cm³/mol. The molecule has 0 radical (unpaired) electrons. The monoisotopic (exact) mass is 312 g/mol. The quantitative estimate of drug-likeness (QED) is 0.813. The van der Waals surface area contributed by atoms with Crippen LogP contribution in [0.25, 0.3) is 0 Å². The van der Waals surface area contributed by atoms with Gasteiger partial charge in [-0.3, -0.25) is 4.79 Å². The number of carbonyl (C=O) groups is 1. The molecule has 4 heteroatoms. The molecule has 2 saturated heterocycles. The van der Waals surface area contributed by atoms with Crippen molar-refractivity contribution in [3.05, 3.63) is 33.8 Å². The third-order valence-electron chi connectivity index (χ3n) is 4.58. The van der Waals surface area contributed by atoms with Crippen LogP contribution in [0.3, 0.4) is 0 Å². The zero-order valence-corrected chi connectivity index (χ0v) is 13.0. The highest BCUT2D eigenvalue weighted by molar-refractivity contribution is 6.42. The summed E-state index contributed by atoms with van der Waals surface area (Å²) in [6.45, 7) is 1.93. The Morgan fingerprint density at radius 3 is 2.80 bits per heavy atom. The van der Waals surface area contributed by atoms with E-state index in [-0.39, 0.29) is 17.9 Å². The van der Waals surface area contributed by atoms with Gasteiger partial charge in [0, 0.05) is 6.42 Å². The Balaban J connectivity index is 1.96. The molecule has 0 aromatic heterocycles. The summed E-state index contributed by atoms with van der Waals surface area (Å²) in [5, 5.41) is 1.12. The molecule has 4 atom stereocenters. The highest BCUT2D eigenvalue weighted by Gasteiger charge is 2.46. The minimum Gasteiger partial charge on any atom is -0.374 e. The number of ether oxygens (including phenoxy) is 1. The topological polar surface area (TPSA) is 26.3 Å². The fourth-order valence-electron chi connectivity index (χ4n) is 3.61. The number of halogens is 2. The van der Waals surface area contributed by atoms with Gasteiger partial charge in [-0.2, -0.15) is 0 Å². The Labute approximate surface area is 129 Å². The van der Waals surface area contributed by atoms with Crippen LogP contribution in [0.15, 0.2) is 18.2 Å². The van der Waals surface area contributed by atoms with Crippen LogP contribution in [0, 0.1) is 5.92 Å². The van der Waals surface area contributed by atoms with E-state index in [9.17, 15) is 4.79 Å². The van der Waals surface area contributed by atoms with Gasteiger partial charge in [-0.15, -0.1) is 0 Å². The smallest absolute Gasteiger partial charge is 0.138 e. The molecule has 1 aromatic carbocycles. The Morgan fingerprint density at radius 2 is 2.10 bits per heavy atom. The van der Waals surface area contributed by atoms with Gasteiger partial charge in [-0.25, -0.2) is 0 Å². The summed E-state index contributed by atoms with van der Waals surface area (Å²) in [7, 11) is 0. The van der Waals surface area contributed by atoms with E-state index in [0.717, 1.165) is 24.8 Å². The Morgan fingerprint density at radius 1 is 1.30 bits per heavy atom. The summed E-state index contributed by atoms with van der Waals surface area (Å²) in [6, 6.07) is 5.74. The van der Waals surface area contributed by atoms with Gasteiger partial charge < -0.3 is 4.74 Å². The van der Waals surface area contributed by atoms with Gasteiger partial charge in [-0.05, 0) is 42.9 Å². The summed E-state index contributed by atoms with van der Waals surface area (Å²) >= 11 is 12.1. The molecule has 20 heavy (non-hydrogen) atoms. The van der Waals surface area contributed by atoms with Crippen molar-refractivity contribution in [1.82, 2.24) is 0 Å². The first-order valence-electron chi connectivity index (χ1n) is 7.23. The number of Topliss-reactive ketones (excluding diaryl/α,β-unsaturated/α-hetero) is 1. The molecule has 1 aromatic rings. The van der Waals surface area contributed by atoms with Crippen molar-refractivity contribution in [2.75, 3.05) is 0 Å². The lowest BCUT2D eigenvalue weighted by Crippen LogP contribution is -2.38. The molecule has 0 N–H and O–H groups in total. The number of hydrogen-bond donors (Lipinski definition) is 0. The molecular weight excluding hydrogens is 295 g/mol. The molecule has 2 nitrogen and oxygen atoms in total. The molecule has 2 aliphatic heterocycles. The van der Waals surface area contributed by atoms with Crippen LogP contribution in [0.4, 0.5) is 0 Å². The maximum atomic E-state index is 12.4. The number of rotatable bonds is 3. The fraction of sp³-hybridized carbons (Fsp3) is 0.562. The van der Waals surface area contributed by atoms with Crippen LogP contribution < -0.4 is 0 Å². The summed E-state index contributed by atoms with van der Waals surface area (Å²) in [4.78, 5) is 12.4. The number of carbonyl (C=O) groups excluding carboxylic acids is 1. The maximum Gasteiger partial charge on any atom is 0.138 e. The van der Waals surface area contributed by atoms with Gasteiger partial charge in [0.1, 0.15) is 5.78 Å². The maximum absolute atomic E-state index is 12.4. The number of benzene rings is 1. The molecule has 2 aliphatic rings.